The number of hydrogen-bond donors (Lipinski definition) is 3. The number of methoxy groups -OCH3 is 2. The lowest BCUT2D eigenvalue weighted by Gasteiger charge is -2.17. The molecule has 0 spiro atoms. The molecule has 0 atom stereocenters. The lowest BCUT2D eigenvalue weighted by molar-refractivity contribution is -0.105. The van der Waals surface area contributed by atoms with E-state index < -0.39 is 6.29 Å². The number of ether oxygens (including phenoxy) is 2. The van der Waals surface area contributed by atoms with Gasteiger partial charge >= 0.3 is 0 Å². The second kappa shape index (κ2) is 7.67. The Hall–Kier alpha value is -2.25. The first kappa shape index (κ1) is 17.8. The minimum atomic E-state index is -0.825. The lowest BCUT2D eigenvalue weighted by Crippen LogP contribution is -2.10. The van der Waals surface area contributed by atoms with Crippen LogP contribution < -0.4 is 17.2 Å². The van der Waals surface area contributed by atoms with Gasteiger partial charge in [-0.1, -0.05) is 0 Å². The first-order valence-electron chi connectivity index (χ1n) is 6.08. The van der Waals surface area contributed by atoms with E-state index in [2.05, 4.69) is 10.7 Å². The fourth-order valence-corrected chi connectivity index (χ4v) is 2.92. The molecule has 2 aromatic rings. The number of nitrogens with zero attached hydrogens (tertiary/aromatic N) is 2. The number of aromatic nitrogens is 1. The van der Waals surface area contributed by atoms with Crippen LogP contribution in [0, 0.1) is 11.3 Å². The Labute approximate surface area is 131 Å². The van der Waals surface area contributed by atoms with E-state index in [1.807, 2.05) is 6.07 Å². The Bertz CT molecular complexity index is 719. The number of carbonyl (C=O) groups is 1. The van der Waals surface area contributed by atoms with Crippen LogP contribution in [0.2, 0.25) is 0 Å². The zero-order valence-electron chi connectivity index (χ0n) is 12.4. The van der Waals surface area contributed by atoms with Gasteiger partial charge in [-0.3, -0.25) is 4.79 Å². The maximum Gasteiger partial charge on any atom is 0.185 e. The van der Waals surface area contributed by atoms with Crippen molar-refractivity contribution in [1.29, 1.82) is 5.26 Å². The van der Waals surface area contributed by atoms with Gasteiger partial charge < -0.3 is 26.7 Å². The highest BCUT2D eigenvalue weighted by atomic mass is 32.1. The van der Waals surface area contributed by atoms with Crippen LogP contribution in [-0.2, 0) is 9.47 Å². The number of anilines is 2. The van der Waals surface area contributed by atoms with Crippen molar-refractivity contribution in [3.63, 3.8) is 0 Å². The van der Waals surface area contributed by atoms with Gasteiger partial charge in [0.25, 0.3) is 0 Å². The summed E-state index contributed by atoms with van der Waals surface area (Å²) < 4.78 is 10.4. The summed E-state index contributed by atoms with van der Waals surface area (Å²) in [4.78, 5) is 15.9. The average Bonchev–Trinajstić information content (AvgIpc) is 2.86. The summed E-state index contributed by atoms with van der Waals surface area (Å²) in [5.74, 6) is 0.0489. The third kappa shape index (κ3) is 2.86. The van der Waals surface area contributed by atoms with E-state index >= 15 is 0 Å². The first-order chi connectivity index (χ1) is 10.6. The van der Waals surface area contributed by atoms with Gasteiger partial charge in [0.1, 0.15) is 22.3 Å². The Balaban J connectivity index is 0.00000116. The van der Waals surface area contributed by atoms with Crippen LogP contribution in [0.5, 0.6) is 0 Å². The normalized spacial score (nSPS) is 10.2. The van der Waals surface area contributed by atoms with Crippen molar-refractivity contribution in [2.24, 2.45) is 5.73 Å². The molecule has 2 aromatic heterocycles. The van der Waals surface area contributed by atoms with Crippen molar-refractivity contribution in [3.8, 4) is 6.07 Å². The molecule has 0 aliphatic rings. The minimum Gasteiger partial charge on any atom is -0.397 e. The monoisotopic (exact) mass is 323 g/mol. The molecule has 6 N–H and O–H groups in total. The summed E-state index contributed by atoms with van der Waals surface area (Å²) in [6.07, 6.45) is -0.184. The first-order valence-corrected chi connectivity index (χ1v) is 6.90. The van der Waals surface area contributed by atoms with Crippen molar-refractivity contribution in [2.45, 2.75) is 6.29 Å². The van der Waals surface area contributed by atoms with Crippen LogP contribution in [0.4, 0.5) is 11.5 Å². The number of carbonyl (C=O) groups excluding carboxylic acids is 1. The average molecular weight is 323 g/mol. The molecular formula is C13H17N5O3S. The number of thiophene rings is 1. The summed E-state index contributed by atoms with van der Waals surface area (Å²) in [6.45, 7) is 0. The van der Waals surface area contributed by atoms with Crippen LogP contribution in [0.1, 0.15) is 27.1 Å². The third-order valence-electron chi connectivity index (χ3n) is 2.85. The number of nitriles is 1. The molecule has 2 rings (SSSR count). The van der Waals surface area contributed by atoms with E-state index in [9.17, 15) is 10.1 Å². The predicted molar refractivity (Wildman–Crippen MR) is 85.4 cm³/mol. The van der Waals surface area contributed by atoms with E-state index in [1.165, 1.54) is 21.3 Å². The van der Waals surface area contributed by atoms with Crippen LogP contribution in [0.3, 0.4) is 0 Å². The van der Waals surface area contributed by atoms with E-state index in [-0.39, 0.29) is 17.1 Å². The molecule has 0 radical (unpaired) electrons. The molecular weight excluding hydrogens is 306 g/mol. The number of fused-ring (bicyclic) bond motifs is 1. The fraction of sp³-hybridized carbons (Fsp3) is 0.308. The van der Waals surface area contributed by atoms with Gasteiger partial charge in [0.2, 0.25) is 0 Å². The van der Waals surface area contributed by atoms with E-state index in [4.69, 9.17) is 20.9 Å². The van der Waals surface area contributed by atoms with Crippen LogP contribution in [0.25, 0.3) is 10.2 Å². The van der Waals surface area contributed by atoms with Gasteiger partial charge in [-0.05, 0) is 7.05 Å². The maximum absolute atomic E-state index is 11.0. The number of pyridine rings is 1. The smallest absolute Gasteiger partial charge is 0.185 e. The number of aldehydes is 1. The van der Waals surface area contributed by atoms with E-state index in [0.717, 1.165) is 11.3 Å². The molecule has 0 fully saturated rings. The molecule has 0 aliphatic carbocycles. The van der Waals surface area contributed by atoms with Crippen LogP contribution in [-0.4, -0.2) is 32.5 Å². The number of nitrogens with two attached hydrogens (primary N) is 3. The molecule has 0 aromatic carbocycles. The largest absolute Gasteiger partial charge is 0.397 e. The summed E-state index contributed by atoms with van der Waals surface area (Å²) >= 11 is 1.11. The highest BCUT2D eigenvalue weighted by Crippen LogP contribution is 2.40. The van der Waals surface area contributed by atoms with Crippen LogP contribution in [0.15, 0.2) is 0 Å². The molecule has 0 aliphatic heterocycles. The van der Waals surface area contributed by atoms with Gasteiger partial charge in [0, 0.05) is 25.2 Å². The van der Waals surface area contributed by atoms with Crippen molar-refractivity contribution in [1.82, 2.24) is 4.98 Å². The van der Waals surface area contributed by atoms with Crippen molar-refractivity contribution < 1.29 is 14.3 Å². The second-order valence-corrected chi connectivity index (χ2v) is 4.91. The second-order valence-electron chi connectivity index (χ2n) is 3.88. The van der Waals surface area contributed by atoms with Crippen molar-refractivity contribution in [3.05, 3.63) is 16.0 Å². The van der Waals surface area contributed by atoms with Gasteiger partial charge in [-0.15, -0.1) is 11.3 Å². The zero-order valence-corrected chi connectivity index (χ0v) is 13.2. The summed E-state index contributed by atoms with van der Waals surface area (Å²) in [6, 6.07) is 1.97. The SMILES string of the molecule is CN.COC(OC)c1c(C#N)c(N)nc2sc(C=O)c(N)c12. The molecule has 0 unspecified atom stereocenters. The molecule has 0 saturated heterocycles. The molecule has 0 amide bonds. The van der Waals surface area contributed by atoms with Gasteiger partial charge in [-0.25, -0.2) is 4.98 Å². The quantitative estimate of drug-likeness (QED) is 0.557. The summed E-state index contributed by atoms with van der Waals surface area (Å²) in [5.41, 5.74) is 17.0. The Morgan fingerprint density at radius 3 is 2.36 bits per heavy atom. The molecule has 2 heterocycles. The molecule has 0 saturated carbocycles. The number of rotatable bonds is 4. The lowest BCUT2D eigenvalue weighted by atomic mass is 10.0. The molecule has 22 heavy (non-hydrogen) atoms. The molecule has 118 valence electrons. The fourth-order valence-electron chi connectivity index (χ4n) is 1.99. The van der Waals surface area contributed by atoms with E-state index in [0.29, 0.717) is 26.9 Å². The topological polar surface area (TPSA) is 150 Å². The third-order valence-corrected chi connectivity index (χ3v) is 3.88. The van der Waals surface area contributed by atoms with Gasteiger partial charge in [0.15, 0.2) is 12.6 Å². The van der Waals surface area contributed by atoms with Gasteiger partial charge in [0.05, 0.1) is 10.6 Å². The highest BCUT2D eigenvalue weighted by molar-refractivity contribution is 7.20. The molecule has 8 nitrogen and oxygen atoms in total. The predicted octanol–water partition coefficient (Wildman–Crippen LogP) is 1.01. The van der Waals surface area contributed by atoms with E-state index in [1.54, 1.807) is 0 Å². The Morgan fingerprint density at radius 1 is 1.32 bits per heavy atom. The van der Waals surface area contributed by atoms with Crippen LogP contribution >= 0.6 is 11.3 Å². The molecule has 0 bridgehead atoms. The van der Waals surface area contributed by atoms with Gasteiger partial charge in [-0.2, -0.15) is 5.26 Å². The van der Waals surface area contributed by atoms with Crippen molar-refractivity contribution in [2.75, 3.05) is 32.7 Å². The zero-order chi connectivity index (χ0) is 16.9. The standard InChI is InChI=1S/C12H12N4O3S.CH5N/c1-18-12(19-2)7-5(3-13)10(15)16-11-8(7)9(14)6(4-17)20-11;1-2/h4,12H,14H2,1-2H3,(H2,15,16);2H2,1H3. The summed E-state index contributed by atoms with van der Waals surface area (Å²) in [7, 11) is 4.36. The Morgan fingerprint density at radius 2 is 1.91 bits per heavy atom. The molecule has 9 heteroatoms. The number of nitrogen functional groups attached to an aromatic ring is 2. The highest BCUT2D eigenvalue weighted by Gasteiger charge is 2.25. The van der Waals surface area contributed by atoms with Crippen molar-refractivity contribution >= 4 is 39.3 Å². The summed E-state index contributed by atoms with van der Waals surface area (Å²) in [5, 5.41) is 9.73. The Kier molecular flexibility index (Phi) is 6.21. The number of hydrogen-bond acceptors (Lipinski definition) is 9. The minimum absolute atomic E-state index is 0.0489. The maximum atomic E-state index is 11.0.